The summed E-state index contributed by atoms with van der Waals surface area (Å²) in [6.45, 7) is 4.33. The number of hydrogen-bond acceptors (Lipinski definition) is 5. The quantitative estimate of drug-likeness (QED) is 0.739. The highest BCUT2D eigenvalue weighted by atomic mass is 35.5. The van der Waals surface area contributed by atoms with Gasteiger partial charge in [-0.3, -0.25) is 9.36 Å². The molecule has 28 heavy (non-hydrogen) atoms. The van der Waals surface area contributed by atoms with Crippen LogP contribution in [0.4, 0.5) is 5.69 Å². The highest BCUT2D eigenvalue weighted by Gasteiger charge is 2.21. The van der Waals surface area contributed by atoms with Crippen LogP contribution in [0.5, 0.6) is 0 Å². The van der Waals surface area contributed by atoms with Crippen LogP contribution in [0.25, 0.3) is 11.4 Å². The van der Waals surface area contributed by atoms with Gasteiger partial charge < -0.3 is 15.2 Å². The van der Waals surface area contributed by atoms with Gasteiger partial charge in [-0.2, -0.15) is 0 Å². The van der Waals surface area contributed by atoms with Crippen molar-refractivity contribution in [1.82, 2.24) is 9.55 Å². The van der Waals surface area contributed by atoms with Crippen LogP contribution < -0.4 is 10.9 Å². The smallest absolute Gasteiger partial charge is 0.277 e. The number of benzene rings is 1. The Balaban J connectivity index is 2.09. The van der Waals surface area contributed by atoms with Crippen molar-refractivity contribution in [2.45, 2.75) is 52.1 Å². The Morgan fingerprint density at radius 3 is 2.61 bits per heavy atom. The summed E-state index contributed by atoms with van der Waals surface area (Å²) < 4.78 is 6.73. The summed E-state index contributed by atoms with van der Waals surface area (Å²) in [7, 11) is 1.56. The van der Waals surface area contributed by atoms with Gasteiger partial charge in [0.2, 0.25) is 0 Å². The van der Waals surface area contributed by atoms with Gasteiger partial charge in [-0.15, -0.1) is 0 Å². The number of nitrogens with one attached hydrogen (secondary N) is 1. The Kier molecular flexibility index (Phi) is 6.75. The topological polar surface area (TPSA) is 76.4 Å². The standard InChI is InChI=1S/C21H28ClN3O3/c1-4-25-20(17-9-14-7-5-6-8-15(14)10-18(17)22)23-13(2)19(21(25)27)24-16(11-26)12-28-3/h9-10,16,24,26H,4-8,11-12H2,1-3H3. The summed E-state index contributed by atoms with van der Waals surface area (Å²) in [4.78, 5) is 17.9. The third-order valence-electron chi connectivity index (χ3n) is 5.28. The molecule has 1 aromatic carbocycles. The van der Waals surface area contributed by atoms with Crippen molar-refractivity contribution in [3.8, 4) is 11.4 Å². The number of nitrogens with zero attached hydrogens (tertiary/aromatic N) is 2. The van der Waals surface area contributed by atoms with E-state index in [1.165, 1.54) is 24.0 Å². The molecule has 0 bridgehead atoms. The summed E-state index contributed by atoms with van der Waals surface area (Å²) in [6.07, 6.45) is 4.44. The van der Waals surface area contributed by atoms with E-state index in [1.807, 2.05) is 13.0 Å². The first-order chi connectivity index (χ1) is 13.5. The molecule has 0 amide bonds. The van der Waals surface area contributed by atoms with Crippen LogP contribution >= 0.6 is 11.6 Å². The Morgan fingerprint density at radius 2 is 2.00 bits per heavy atom. The molecule has 2 aromatic rings. The number of rotatable bonds is 7. The lowest BCUT2D eigenvalue weighted by Gasteiger charge is -2.22. The van der Waals surface area contributed by atoms with E-state index in [0.29, 0.717) is 35.4 Å². The molecule has 1 aromatic heterocycles. The van der Waals surface area contributed by atoms with Crippen LogP contribution in [0.2, 0.25) is 5.02 Å². The van der Waals surface area contributed by atoms with E-state index in [4.69, 9.17) is 21.3 Å². The predicted octanol–water partition coefficient (Wildman–Crippen LogP) is 3.19. The largest absolute Gasteiger partial charge is 0.394 e. The number of aliphatic hydroxyl groups is 1. The number of anilines is 1. The van der Waals surface area contributed by atoms with E-state index in [-0.39, 0.29) is 18.2 Å². The maximum absolute atomic E-state index is 13.2. The molecule has 0 spiro atoms. The minimum Gasteiger partial charge on any atom is -0.394 e. The van der Waals surface area contributed by atoms with E-state index in [2.05, 4.69) is 11.4 Å². The van der Waals surface area contributed by atoms with Gasteiger partial charge in [0.1, 0.15) is 11.5 Å². The number of hydrogen-bond donors (Lipinski definition) is 2. The average Bonchev–Trinajstić information content (AvgIpc) is 2.69. The van der Waals surface area contributed by atoms with E-state index in [1.54, 1.807) is 18.6 Å². The van der Waals surface area contributed by atoms with E-state index >= 15 is 0 Å². The fraction of sp³-hybridized carbons (Fsp3) is 0.524. The number of aryl methyl sites for hydroxylation is 3. The van der Waals surface area contributed by atoms with Crippen LogP contribution in [0.3, 0.4) is 0 Å². The number of ether oxygens (including phenoxy) is 1. The van der Waals surface area contributed by atoms with Crippen molar-refractivity contribution in [3.63, 3.8) is 0 Å². The Hall–Kier alpha value is -1.89. The van der Waals surface area contributed by atoms with Crippen molar-refractivity contribution in [1.29, 1.82) is 0 Å². The Labute approximate surface area is 170 Å². The molecule has 1 aliphatic rings. The molecule has 1 atom stereocenters. The normalized spacial score (nSPS) is 14.6. The molecule has 1 aliphatic carbocycles. The minimum atomic E-state index is -0.373. The second-order valence-corrected chi connectivity index (χ2v) is 7.64. The van der Waals surface area contributed by atoms with Crippen molar-refractivity contribution in [2.24, 2.45) is 0 Å². The maximum atomic E-state index is 13.2. The van der Waals surface area contributed by atoms with Crippen molar-refractivity contribution in [2.75, 3.05) is 25.6 Å². The van der Waals surface area contributed by atoms with Gasteiger partial charge in [-0.05, 0) is 62.8 Å². The summed E-state index contributed by atoms with van der Waals surface area (Å²) in [6, 6.07) is 3.75. The van der Waals surface area contributed by atoms with Crippen molar-refractivity contribution >= 4 is 17.3 Å². The van der Waals surface area contributed by atoms with Crippen molar-refractivity contribution in [3.05, 3.63) is 44.3 Å². The zero-order valence-corrected chi connectivity index (χ0v) is 17.5. The third kappa shape index (κ3) is 4.09. The highest BCUT2D eigenvalue weighted by molar-refractivity contribution is 6.33. The molecule has 3 rings (SSSR count). The summed E-state index contributed by atoms with van der Waals surface area (Å²) in [5, 5.41) is 13.2. The van der Waals surface area contributed by atoms with Crippen LogP contribution in [0.1, 0.15) is 36.6 Å². The van der Waals surface area contributed by atoms with Gasteiger partial charge in [0.05, 0.1) is 30.0 Å². The minimum absolute atomic E-state index is 0.142. The number of halogens is 1. The molecule has 0 saturated heterocycles. The van der Waals surface area contributed by atoms with Crippen LogP contribution in [0, 0.1) is 6.92 Å². The number of aromatic nitrogens is 2. The van der Waals surface area contributed by atoms with Gasteiger partial charge in [0.25, 0.3) is 5.56 Å². The molecule has 0 fully saturated rings. The first kappa shape index (κ1) is 20.8. The van der Waals surface area contributed by atoms with Crippen LogP contribution in [-0.2, 0) is 24.1 Å². The van der Waals surface area contributed by atoms with Crippen LogP contribution in [-0.4, -0.2) is 41.0 Å². The number of fused-ring (bicyclic) bond motifs is 1. The van der Waals surface area contributed by atoms with Gasteiger partial charge in [-0.25, -0.2) is 4.98 Å². The molecule has 0 radical (unpaired) electrons. The highest BCUT2D eigenvalue weighted by Crippen LogP contribution is 2.33. The SMILES string of the molecule is CCn1c(-c2cc3c(cc2Cl)CCCC3)nc(C)c(NC(CO)COC)c1=O. The lowest BCUT2D eigenvalue weighted by Crippen LogP contribution is -2.35. The number of aliphatic hydroxyl groups excluding tert-OH is 1. The lowest BCUT2D eigenvalue weighted by atomic mass is 9.90. The molecule has 1 unspecified atom stereocenters. The Morgan fingerprint density at radius 1 is 1.32 bits per heavy atom. The molecule has 0 aliphatic heterocycles. The van der Waals surface area contributed by atoms with Crippen molar-refractivity contribution < 1.29 is 9.84 Å². The fourth-order valence-electron chi connectivity index (χ4n) is 3.80. The zero-order valence-electron chi connectivity index (χ0n) is 16.7. The molecule has 1 heterocycles. The second kappa shape index (κ2) is 9.07. The second-order valence-electron chi connectivity index (χ2n) is 7.23. The molecule has 0 saturated carbocycles. The first-order valence-corrected chi connectivity index (χ1v) is 10.2. The Bertz CT molecular complexity index is 911. The molecule has 152 valence electrons. The van der Waals surface area contributed by atoms with E-state index in [0.717, 1.165) is 18.4 Å². The third-order valence-corrected chi connectivity index (χ3v) is 5.59. The molecular formula is C21H28ClN3O3. The maximum Gasteiger partial charge on any atom is 0.277 e. The van der Waals surface area contributed by atoms with Gasteiger partial charge >= 0.3 is 0 Å². The lowest BCUT2D eigenvalue weighted by molar-refractivity contribution is 0.153. The summed E-state index contributed by atoms with van der Waals surface area (Å²) in [5.41, 5.74) is 4.18. The molecule has 6 nitrogen and oxygen atoms in total. The average molecular weight is 406 g/mol. The number of methoxy groups -OCH3 is 1. The zero-order chi connectivity index (χ0) is 20.3. The van der Waals surface area contributed by atoms with Crippen LogP contribution in [0.15, 0.2) is 16.9 Å². The summed E-state index contributed by atoms with van der Waals surface area (Å²) >= 11 is 6.60. The molecular weight excluding hydrogens is 378 g/mol. The van der Waals surface area contributed by atoms with Gasteiger partial charge in [0, 0.05) is 19.2 Å². The monoisotopic (exact) mass is 405 g/mol. The van der Waals surface area contributed by atoms with E-state index in [9.17, 15) is 9.90 Å². The van der Waals surface area contributed by atoms with Gasteiger partial charge in [-0.1, -0.05) is 11.6 Å². The predicted molar refractivity (Wildman–Crippen MR) is 112 cm³/mol. The fourth-order valence-corrected chi connectivity index (χ4v) is 4.07. The van der Waals surface area contributed by atoms with Gasteiger partial charge in [0.15, 0.2) is 0 Å². The molecule has 2 N–H and O–H groups in total. The first-order valence-electron chi connectivity index (χ1n) is 9.79. The summed E-state index contributed by atoms with van der Waals surface area (Å²) in [5.74, 6) is 0.584. The van der Waals surface area contributed by atoms with E-state index < -0.39 is 0 Å². The molecule has 7 heteroatoms.